The highest BCUT2D eigenvalue weighted by atomic mass is 16.3. The predicted octanol–water partition coefficient (Wildman–Crippen LogP) is 12.1. The van der Waals surface area contributed by atoms with Crippen molar-refractivity contribution in [3.63, 3.8) is 0 Å². The van der Waals surface area contributed by atoms with Crippen molar-refractivity contribution in [3.8, 4) is 62.4 Å². The van der Waals surface area contributed by atoms with E-state index in [9.17, 15) is 5.11 Å². The van der Waals surface area contributed by atoms with Gasteiger partial charge in [-0.3, -0.25) is 8.97 Å². The Kier molecular flexibility index (Phi) is 7.52. The van der Waals surface area contributed by atoms with Crippen LogP contribution in [-0.2, 0) is 0 Å². The molecular formula is C52H33N7O. The van der Waals surface area contributed by atoms with Crippen molar-refractivity contribution in [1.82, 2.24) is 33.5 Å². The van der Waals surface area contributed by atoms with Gasteiger partial charge in [-0.25, -0.2) is 19.9 Å². The zero-order valence-electron chi connectivity index (χ0n) is 32.1. The van der Waals surface area contributed by atoms with E-state index in [0.29, 0.717) is 17.5 Å². The fraction of sp³-hybridized carbons (Fsp3) is 0. The molecule has 12 aromatic rings. The highest BCUT2D eigenvalue weighted by Gasteiger charge is 2.22. The summed E-state index contributed by atoms with van der Waals surface area (Å²) in [6, 6.07) is 65.6. The third-order valence-corrected chi connectivity index (χ3v) is 11.4. The van der Waals surface area contributed by atoms with E-state index in [4.69, 9.17) is 19.9 Å². The summed E-state index contributed by atoms with van der Waals surface area (Å²) in [6.07, 6.45) is 0. The molecule has 0 aliphatic rings. The van der Waals surface area contributed by atoms with Gasteiger partial charge in [0.2, 0.25) is 5.78 Å². The smallest absolute Gasteiger partial charge is 0.220 e. The molecule has 0 fully saturated rings. The minimum Gasteiger partial charge on any atom is -0.507 e. The minimum atomic E-state index is 0.188. The van der Waals surface area contributed by atoms with E-state index >= 15 is 0 Å². The molecule has 0 atom stereocenters. The van der Waals surface area contributed by atoms with Gasteiger partial charge in [-0.1, -0.05) is 121 Å². The maximum absolute atomic E-state index is 11.8. The molecule has 8 aromatic carbocycles. The molecule has 1 N–H and O–H groups in total. The molecule has 0 amide bonds. The number of phenols is 1. The van der Waals surface area contributed by atoms with Gasteiger partial charge in [0.05, 0.1) is 38.8 Å². The van der Waals surface area contributed by atoms with Crippen LogP contribution in [0.3, 0.4) is 0 Å². The maximum Gasteiger partial charge on any atom is 0.220 e. The Morgan fingerprint density at radius 2 is 0.950 bits per heavy atom. The molecule has 12 rings (SSSR count). The third-order valence-electron chi connectivity index (χ3n) is 11.4. The molecule has 0 bridgehead atoms. The minimum absolute atomic E-state index is 0.188. The number of imidazole rings is 2. The summed E-state index contributed by atoms with van der Waals surface area (Å²) in [5.74, 6) is 2.84. The molecule has 60 heavy (non-hydrogen) atoms. The Morgan fingerprint density at radius 3 is 1.70 bits per heavy atom. The van der Waals surface area contributed by atoms with Crippen molar-refractivity contribution in [3.05, 3.63) is 194 Å². The third kappa shape index (κ3) is 5.24. The lowest BCUT2D eigenvalue weighted by molar-refractivity contribution is 0.477. The average molecular weight is 772 g/mol. The molecule has 0 radical (unpaired) electrons. The van der Waals surface area contributed by atoms with Gasteiger partial charge in [-0.15, -0.1) is 0 Å². The SMILES string of the molecule is Oc1cccc(-n2c3ccccc3c3cc(-c4nc(-c5ccccc5)nc(-c5ccccc5)n4)ccc32)c1-c1cccc(-n2c3ccccc3n3c4ccccc4nc23)c1. The molecule has 4 aromatic heterocycles. The first kappa shape index (κ1) is 33.7. The van der Waals surface area contributed by atoms with Gasteiger partial charge in [-0.05, 0) is 78.4 Å². The second-order valence-electron chi connectivity index (χ2n) is 14.9. The van der Waals surface area contributed by atoms with Crippen LogP contribution in [0.5, 0.6) is 5.75 Å². The maximum atomic E-state index is 11.8. The Hall–Kier alpha value is -8.36. The first-order valence-corrected chi connectivity index (χ1v) is 19.9. The van der Waals surface area contributed by atoms with E-state index in [0.717, 1.165) is 88.8 Å². The van der Waals surface area contributed by atoms with Crippen LogP contribution >= 0.6 is 0 Å². The van der Waals surface area contributed by atoms with Crippen LogP contribution in [0.25, 0.3) is 106 Å². The fourth-order valence-corrected chi connectivity index (χ4v) is 8.73. The van der Waals surface area contributed by atoms with Gasteiger partial charge in [-0.2, -0.15) is 0 Å². The molecule has 4 heterocycles. The molecule has 8 heteroatoms. The largest absolute Gasteiger partial charge is 0.507 e. The van der Waals surface area contributed by atoms with E-state index in [2.05, 4.69) is 129 Å². The number of hydrogen-bond acceptors (Lipinski definition) is 5. The summed E-state index contributed by atoms with van der Waals surface area (Å²) in [5.41, 5.74) is 12.2. The zero-order chi connectivity index (χ0) is 39.7. The second-order valence-corrected chi connectivity index (χ2v) is 14.9. The van der Waals surface area contributed by atoms with E-state index in [-0.39, 0.29) is 5.75 Å². The van der Waals surface area contributed by atoms with Crippen molar-refractivity contribution in [2.24, 2.45) is 0 Å². The summed E-state index contributed by atoms with van der Waals surface area (Å²) in [4.78, 5) is 20.1. The standard InChI is InChI=1S/C52H33N7O/c60-47-28-14-27-46(48(47)35-19-13-20-37(31-35)57-44-25-11-12-26-45(44)59-43-24-10-8-22-40(43)53-52(57)59)58-41-23-9-7-21-38(41)39-32-36(29-30-42(39)58)51-55-49(33-15-3-1-4-16-33)54-50(56-51)34-17-5-2-6-18-34/h1-32,60H. The van der Waals surface area contributed by atoms with Crippen LogP contribution in [0.15, 0.2) is 194 Å². The summed E-state index contributed by atoms with van der Waals surface area (Å²) < 4.78 is 6.67. The highest BCUT2D eigenvalue weighted by molar-refractivity contribution is 6.11. The molecule has 0 aliphatic carbocycles. The summed E-state index contributed by atoms with van der Waals surface area (Å²) in [7, 11) is 0. The van der Waals surface area contributed by atoms with Gasteiger partial charge in [0, 0.05) is 38.7 Å². The normalized spacial score (nSPS) is 11.7. The molecule has 0 aliphatic heterocycles. The van der Waals surface area contributed by atoms with Crippen LogP contribution in [-0.4, -0.2) is 38.6 Å². The number of phenolic OH excluding ortho intramolecular Hbond substituents is 1. The van der Waals surface area contributed by atoms with Crippen LogP contribution in [0.1, 0.15) is 0 Å². The lowest BCUT2D eigenvalue weighted by Gasteiger charge is -2.16. The molecule has 0 spiro atoms. The fourth-order valence-electron chi connectivity index (χ4n) is 8.73. The van der Waals surface area contributed by atoms with E-state index in [1.54, 1.807) is 6.07 Å². The summed E-state index contributed by atoms with van der Waals surface area (Å²) >= 11 is 0. The van der Waals surface area contributed by atoms with E-state index in [1.165, 1.54) is 0 Å². The number of rotatable bonds is 6. The Labute approximate surface area is 343 Å². The Balaban J connectivity index is 1.04. The van der Waals surface area contributed by atoms with Gasteiger partial charge in [0.25, 0.3) is 0 Å². The van der Waals surface area contributed by atoms with Gasteiger partial charge in [0.1, 0.15) is 5.75 Å². The second kappa shape index (κ2) is 13.4. The van der Waals surface area contributed by atoms with Gasteiger partial charge >= 0.3 is 0 Å². The number of hydrogen-bond donors (Lipinski definition) is 1. The molecule has 8 nitrogen and oxygen atoms in total. The molecular weight excluding hydrogens is 739 g/mol. The van der Waals surface area contributed by atoms with Crippen LogP contribution < -0.4 is 0 Å². The highest BCUT2D eigenvalue weighted by Crippen LogP contribution is 2.42. The first-order chi connectivity index (χ1) is 29.7. The number of benzene rings is 8. The lowest BCUT2D eigenvalue weighted by Crippen LogP contribution is -2.00. The number of aromatic nitrogens is 7. The van der Waals surface area contributed by atoms with Crippen molar-refractivity contribution in [1.29, 1.82) is 0 Å². The van der Waals surface area contributed by atoms with Crippen molar-refractivity contribution >= 4 is 49.7 Å². The number of nitrogens with zero attached hydrogens (tertiary/aromatic N) is 7. The lowest BCUT2D eigenvalue weighted by atomic mass is 10.0. The summed E-state index contributed by atoms with van der Waals surface area (Å²) in [6.45, 7) is 0. The topological polar surface area (TPSA) is 86.1 Å². The van der Waals surface area contributed by atoms with E-state index < -0.39 is 0 Å². The van der Waals surface area contributed by atoms with Crippen molar-refractivity contribution in [2.45, 2.75) is 0 Å². The van der Waals surface area contributed by atoms with Gasteiger partial charge < -0.3 is 9.67 Å². The number of fused-ring (bicyclic) bond motifs is 8. The van der Waals surface area contributed by atoms with Crippen LogP contribution in [0.2, 0.25) is 0 Å². The van der Waals surface area contributed by atoms with Crippen LogP contribution in [0.4, 0.5) is 0 Å². The zero-order valence-corrected chi connectivity index (χ0v) is 32.1. The van der Waals surface area contributed by atoms with E-state index in [1.807, 2.05) is 72.8 Å². The summed E-state index contributed by atoms with van der Waals surface area (Å²) in [5, 5.41) is 13.9. The van der Waals surface area contributed by atoms with Gasteiger partial charge in [0.15, 0.2) is 17.5 Å². The van der Waals surface area contributed by atoms with Crippen LogP contribution in [0, 0.1) is 0 Å². The number of aromatic hydroxyl groups is 1. The van der Waals surface area contributed by atoms with Crippen molar-refractivity contribution < 1.29 is 5.11 Å². The molecule has 0 saturated carbocycles. The predicted molar refractivity (Wildman–Crippen MR) is 241 cm³/mol. The Bertz CT molecular complexity index is 3560. The Morgan fingerprint density at radius 1 is 0.367 bits per heavy atom. The molecule has 0 unspecified atom stereocenters. The quantitative estimate of drug-likeness (QED) is 0.182. The van der Waals surface area contributed by atoms with Crippen molar-refractivity contribution in [2.75, 3.05) is 0 Å². The number of para-hydroxylation sites is 5. The molecule has 0 saturated heterocycles. The monoisotopic (exact) mass is 771 g/mol. The average Bonchev–Trinajstić information content (AvgIpc) is 3.96. The first-order valence-electron chi connectivity index (χ1n) is 19.9. The molecule has 282 valence electrons.